The van der Waals surface area contributed by atoms with Gasteiger partial charge in [0, 0.05) is 21.7 Å². The van der Waals surface area contributed by atoms with Gasteiger partial charge in [-0.05, 0) is 126 Å². The second-order valence-electron chi connectivity index (χ2n) is 15.9. The average molecular weight is 751 g/mol. The van der Waals surface area contributed by atoms with Crippen LogP contribution in [0.3, 0.4) is 0 Å². The molecule has 0 radical (unpaired) electrons. The maximum absolute atomic E-state index is 6.52. The zero-order valence-corrected chi connectivity index (χ0v) is 31.9. The highest BCUT2D eigenvalue weighted by atomic mass is 16.5. The molecule has 13 rings (SSSR count). The van der Waals surface area contributed by atoms with Crippen molar-refractivity contribution in [2.75, 3.05) is 0 Å². The Bertz CT molecular complexity index is 3480. The van der Waals surface area contributed by atoms with Crippen molar-refractivity contribution in [3.05, 3.63) is 229 Å². The van der Waals surface area contributed by atoms with Gasteiger partial charge < -0.3 is 9.15 Å². The number of benzene rings is 10. The van der Waals surface area contributed by atoms with Gasteiger partial charge in [-0.1, -0.05) is 158 Å². The number of hydrogen-bond acceptors (Lipinski definition) is 2. The highest BCUT2D eigenvalue weighted by Gasteiger charge is 2.48. The molecule has 0 atom stereocenters. The molecule has 0 bridgehead atoms. The third kappa shape index (κ3) is 4.51. The molecule has 10 aromatic carbocycles. The van der Waals surface area contributed by atoms with Crippen LogP contribution in [0.2, 0.25) is 0 Å². The Hall–Kier alpha value is -7.68. The summed E-state index contributed by atoms with van der Waals surface area (Å²) in [5.41, 5.74) is 15.8. The van der Waals surface area contributed by atoms with E-state index < -0.39 is 5.41 Å². The Morgan fingerprint density at radius 1 is 0.356 bits per heavy atom. The molecule has 1 aliphatic heterocycles. The maximum Gasteiger partial charge on any atom is 0.136 e. The summed E-state index contributed by atoms with van der Waals surface area (Å²) < 4.78 is 13.0. The Morgan fingerprint density at radius 3 is 1.88 bits per heavy atom. The third-order valence-electron chi connectivity index (χ3n) is 12.9. The highest BCUT2D eigenvalue weighted by Crippen LogP contribution is 2.61. The predicted octanol–water partition coefficient (Wildman–Crippen LogP) is 15.4. The number of hydrogen-bond donors (Lipinski definition) is 0. The quantitative estimate of drug-likeness (QED) is 0.179. The first-order chi connectivity index (χ1) is 29.2. The van der Waals surface area contributed by atoms with Crippen molar-refractivity contribution in [3.8, 4) is 56.0 Å². The molecular weight excluding hydrogens is 717 g/mol. The predicted molar refractivity (Wildman–Crippen MR) is 242 cm³/mol. The first-order valence-corrected chi connectivity index (χ1v) is 20.3. The topological polar surface area (TPSA) is 22.4 Å². The molecule has 0 amide bonds. The van der Waals surface area contributed by atoms with Crippen molar-refractivity contribution in [3.63, 3.8) is 0 Å². The molecule has 0 spiro atoms. The van der Waals surface area contributed by atoms with Gasteiger partial charge in [0.1, 0.15) is 22.7 Å². The molecule has 0 saturated heterocycles. The van der Waals surface area contributed by atoms with Gasteiger partial charge in [0.25, 0.3) is 0 Å². The Balaban J connectivity index is 1.12. The molecule has 2 nitrogen and oxygen atoms in total. The second-order valence-corrected chi connectivity index (χ2v) is 15.9. The Kier molecular flexibility index (Phi) is 6.68. The van der Waals surface area contributed by atoms with Crippen LogP contribution < -0.4 is 4.74 Å². The van der Waals surface area contributed by atoms with E-state index in [-0.39, 0.29) is 0 Å². The van der Waals surface area contributed by atoms with Gasteiger partial charge in [-0.25, -0.2) is 0 Å². The molecular formula is C57H34O2. The summed E-state index contributed by atoms with van der Waals surface area (Å²) in [5.74, 6) is 1.79. The van der Waals surface area contributed by atoms with Crippen LogP contribution in [0.1, 0.15) is 22.3 Å². The van der Waals surface area contributed by atoms with E-state index in [1.54, 1.807) is 0 Å². The molecule has 0 N–H and O–H groups in total. The van der Waals surface area contributed by atoms with Crippen LogP contribution in [0.25, 0.3) is 88.0 Å². The van der Waals surface area contributed by atoms with Gasteiger partial charge in [0.05, 0.1) is 5.41 Å². The lowest BCUT2D eigenvalue weighted by Gasteiger charge is -2.35. The van der Waals surface area contributed by atoms with E-state index in [1.807, 2.05) is 6.07 Å². The SMILES string of the molecule is c1ccc(C2(c3ccccc3)c3ccccc3-c3c(-c4ccc5c(c4)oc4ccccc45)cc4ccc(-c5ccc6c(c5)-c5cccc7cccc(c57)O6)cc4c32)cc1. The standard InChI is InChI=1S/C57H34O2/c1-3-15-40(16-4-1)57(41-17-5-2-6-18-41)49-22-9-7-20-45(49)55-46(39-27-29-43-42-19-8-10-23-50(42)59-53(43)34-39)33-38-26-25-36(31-47(38)56(55)57)37-28-30-51-48(32-37)44-21-11-13-35-14-12-24-52(58-51)54(35)44/h1-34H. The maximum atomic E-state index is 6.52. The van der Waals surface area contributed by atoms with Crippen LogP contribution in [0, 0.1) is 0 Å². The monoisotopic (exact) mass is 750 g/mol. The van der Waals surface area contributed by atoms with Crippen LogP contribution in [-0.4, -0.2) is 0 Å². The first kappa shape index (κ1) is 32.4. The van der Waals surface area contributed by atoms with Crippen LogP contribution in [0.4, 0.5) is 0 Å². The van der Waals surface area contributed by atoms with Crippen molar-refractivity contribution in [2.45, 2.75) is 5.41 Å². The molecule has 0 saturated carbocycles. The molecule has 274 valence electrons. The van der Waals surface area contributed by atoms with E-state index >= 15 is 0 Å². The van der Waals surface area contributed by atoms with Gasteiger partial charge in [-0.3, -0.25) is 0 Å². The average Bonchev–Trinajstić information content (AvgIpc) is 3.83. The van der Waals surface area contributed by atoms with E-state index in [0.29, 0.717) is 0 Å². The summed E-state index contributed by atoms with van der Waals surface area (Å²) >= 11 is 0. The molecule has 0 fully saturated rings. The second kappa shape index (κ2) is 12.2. The molecule has 2 heterocycles. The van der Waals surface area contributed by atoms with E-state index in [4.69, 9.17) is 9.15 Å². The lowest BCUT2D eigenvalue weighted by atomic mass is 9.66. The molecule has 2 heteroatoms. The number of fused-ring (bicyclic) bond motifs is 10. The molecule has 1 aromatic heterocycles. The molecule has 59 heavy (non-hydrogen) atoms. The number of rotatable bonds is 4. The molecule has 0 unspecified atom stereocenters. The van der Waals surface area contributed by atoms with E-state index in [1.165, 1.54) is 60.7 Å². The normalized spacial score (nSPS) is 13.4. The van der Waals surface area contributed by atoms with Gasteiger partial charge in [-0.2, -0.15) is 0 Å². The van der Waals surface area contributed by atoms with Crippen LogP contribution >= 0.6 is 0 Å². The van der Waals surface area contributed by atoms with Crippen molar-refractivity contribution < 1.29 is 9.15 Å². The Morgan fingerprint density at radius 2 is 1.03 bits per heavy atom. The lowest BCUT2D eigenvalue weighted by Crippen LogP contribution is -2.28. The van der Waals surface area contributed by atoms with E-state index in [9.17, 15) is 0 Å². The van der Waals surface area contributed by atoms with Crippen molar-refractivity contribution in [2.24, 2.45) is 0 Å². The third-order valence-corrected chi connectivity index (χ3v) is 12.9. The summed E-state index contributed by atoms with van der Waals surface area (Å²) in [6.07, 6.45) is 0. The highest BCUT2D eigenvalue weighted by molar-refractivity contribution is 6.11. The van der Waals surface area contributed by atoms with Crippen LogP contribution in [0.5, 0.6) is 11.5 Å². The van der Waals surface area contributed by atoms with E-state index in [2.05, 4.69) is 200 Å². The summed E-state index contributed by atoms with van der Waals surface area (Å²) in [4.78, 5) is 0. The zero-order valence-electron chi connectivity index (χ0n) is 31.9. The molecule has 1 aliphatic carbocycles. The van der Waals surface area contributed by atoms with Gasteiger partial charge in [-0.15, -0.1) is 0 Å². The number of para-hydroxylation sites is 1. The van der Waals surface area contributed by atoms with E-state index in [0.717, 1.165) is 61.1 Å². The van der Waals surface area contributed by atoms with Crippen LogP contribution in [0.15, 0.2) is 211 Å². The minimum absolute atomic E-state index is 0.589. The lowest BCUT2D eigenvalue weighted by molar-refractivity contribution is 0.487. The number of ether oxygens (including phenoxy) is 1. The van der Waals surface area contributed by atoms with Crippen LogP contribution in [-0.2, 0) is 5.41 Å². The minimum Gasteiger partial charge on any atom is -0.456 e. The summed E-state index contributed by atoms with van der Waals surface area (Å²) in [5, 5.41) is 7.04. The zero-order chi connectivity index (χ0) is 38.7. The fourth-order valence-corrected chi connectivity index (χ4v) is 10.4. The summed E-state index contributed by atoms with van der Waals surface area (Å²) in [7, 11) is 0. The van der Waals surface area contributed by atoms with Crippen molar-refractivity contribution >= 4 is 43.5 Å². The Labute approximate surface area is 341 Å². The fraction of sp³-hybridized carbons (Fsp3) is 0.0175. The van der Waals surface area contributed by atoms with Gasteiger partial charge in [0.2, 0.25) is 0 Å². The van der Waals surface area contributed by atoms with Crippen molar-refractivity contribution in [1.82, 2.24) is 0 Å². The van der Waals surface area contributed by atoms with Crippen molar-refractivity contribution in [1.29, 1.82) is 0 Å². The largest absolute Gasteiger partial charge is 0.456 e. The van der Waals surface area contributed by atoms with Gasteiger partial charge in [0.15, 0.2) is 0 Å². The fourth-order valence-electron chi connectivity index (χ4n) is 10.4. The minimum atomic E-state index is -0.589. The first-order valence-electron chi connectivity index (χ1n) is 20.3. The summed E-state index contributed by atoms with van der Waals surface area (Å²) in [6, 6.07) is 75.3. The number of furan rings is 1. The molecule has 11 aromatic rings. The summed E-state index contributed by atoms with van der Waals surface area (Å²) in [6.45, 7) is 0. The smallest absolute Gasteiger partial charge is 0.136 e. The molecule has 2 aliphatic rings. The van der Waals surface area contributed by atoms with Gasteiger partial charge >= 0.3 is 0 Å².